The number of amides is 1. The second-order valence-corrected chi connectivity index (χ2v) is 5.14. The highest BCUT2D eigenvalue weighted by molar-refractivity contribution is 6.42. The van der Waals surface area contributed by atoms with Gasteiger partial charge in [-0.1, -0.05) is 29.3 Å². The molecule has 1 amide bonds. The zero-order chi connectivity index (χ0) is 15.1. The van der Waals surface area contributed by atoms with Crippen LogP contribution in [-0.2, 0) is 16.1 Å². The Morgan fingerprint density at radius 1 is 1.40 bits per heavy atom. The highest BCUT2D eigenvalue weighted by Gasteiger charge is 2.20. The molecular weight excluding hydrogens is 301 g/mol. The summed E-state index contributed by atoms with van der Waals surface area (Å²) < 4.78 is 5.29. The third-order valence-electron chi connectivity index (χ3n) is 2.80. The van der Waals surface area contributed by atoms with Crippen molar-refractivity contribution in [1.29, 1.82) is 0 Å². The van der Waals surface area contributed by atoms with Crippen LogP contribution in [0.15, 0.2) is 18.2 Å². The Balaban J connectivity index is 2.80. The fraction of sp³-hybridized carbons (Fsp3) is 0.500. The van der Waals surface area contributed by atoms with E-state index in [4.69, 9.17) is 33.0 Å². The van der Waals surface area contributed by atoms with Gasteiger partial charge in [0, 0.05) is 19.7 Å². The summed E-state index contributed by atoms with van der Waals surface area (Å²) in [6.45, 7) is 4.49. The van der Waals surface area contributed by atoms with Gasteiger partial charge in [-0.05, 0) is 31.5 Å². The van der Waals surface area contributed by atoms with Gasteiger partial charge in [-0.15, -0.1) is 0 Å². The summed E-state index contributed by atoms with van der Waals surface area (Å²) in [4.78, 5) is 13.8. The maximum atomic E-state index is 12.2. The lowest BCUT2D eigenvalue weighted by atomic mass is 10.2. The second kappa shape index (κ2) is 8.47. The van der Waals surface area contributed by atoms with E-state index in [9.17, 15) is 4.79 Å². The molecule has 0 fully saturated rings. The van der Waals surface area contributed by atoms with Crippen molar-refractivity contribution in [3.8, 4) is 0 Å². The lowest BCUT2D eigenvalue weighted by molar-refractivity contribution is -0.143. The number of aliphatic hydroxyl groups excluding tert-OH is 1. The topological polar surface area (TPSA) is 49.8 Å². The molecule has 0 saturated carbocycles. The van der Waals surface area contributed by atoms with Crippen molar-refractivity contribution >= 4 is 29.1 Å². The average molecular weight is 320 g/mol. The highest BCUT2D eigenvalue weighted by atomic mass is 35.5. The molecule has 0 aliphatic carbocycles. The molecule has 0 aliphatic heterocycles. The van der Waals surface area contributed by atoms with E-state index < -0.39 is 6.10 Å². The smallest absolute Gasteiger partial charge is 0.251 e. The first-order valence-electron chi connectivity index (χ1n) is 6.44. The number of benzene rings is 1. The van der Waals surface area contributed by atoms with Gasteiger partial charge in [0.05, 0.1) is 16.7 Å². The van der Waals surface area contributed by atoms with Crippen LogP contribution in [0.5, 0.6) is 0 Å². The number of carbonyl (C=O) groups excluding carboxylic acids is 1. The number of aliphatic hydroxyl groups is 1. The monoisotopic (exact) mass is 319 g/mol. The summed E-state index contributed by atoms with van der Waals surface area (Å²) in [5.74, 6) is -0.160. The number of rotatable bonds is 7. The van der Waals surface area contributed by atoms with Gasteiger partial charge in [-0.3, -0.25) is 4.79 Å². The minimum Gasteiger partial charge on any atom is -0.395 e. The molecule has 112 valence electrons. The summed E-state index contributed by atoms with van der Waals surface area (Å²) in [6.07, 6.45) is -0.533. The summed E-state index contributed by atoms with van der Waals surface area (Å²) in [7, 11) is 0. The summed E-state index contributed by atoms with van der Waals surface area (Å²) in [6, 6.07) is 5.21. The Bertz CT molecular complexity index is 454. The number of hydrogen-bond acceptors (Lipinski definition) is 3. The van der Waals surface area contributed by atoms with Crippen LogP contribution in [-0.4, -0.2) is 41.8 Å². The predicted molar refractivity (Wildman–Crippen MR) is 80.1 cm³/mol. The molecule has 0 saturated heterocycles. The third-order valence-corrected chi connectivity index (χ3v) is 3.54. The van der Waals surface area contributed by atoms with Crippen LogP contribution >= 0.6 is 23.2 Å². The van der Waals surface area contributed by atoms with Crippen molar-refractivity contribution in [2.75, 3.05) is 19.8 Å². The molecule has 0 heterocycles. The third kappa shape index (κ3) is 4.94. The maximum absolute atomic E-state index is 12.2. The molecule has 1 aromatic carbocycles. The van der Waals surface area contributed by atoms with Crippen LogP contribution in [0.3, 0.4) is 0 Å². The molecule has 6 heteroatoms. The zero-order valence-corrected chi connectivity index (χ0v) is 13.1. The number of carbonyl (C=O) groups is 1. The van der Waals surface area contributed by atoms with Gasteiger partial charge in [0.25, 0.3) is 5.91 Å². The van der Waals surface area contributed by atoms with Crippen LogP contribution in [0.2, 0.25) is 10.0 Å². The average Bonchev–Trinajstić information content (AvgIpc) is 2.42. The normalized spacial score (nSPS) is 12.2. The van der Waals surface area contributed by atoms with Crippen molar-refractivity contribution in [3.63, 3.8) is 0 Å². The van der Waals surface area contributed by atoms with Crippen LogP contribution in [0, 0.1) is 0 Å². The van der Waals surface area contributed by atoms with Crippen molar-refractivity contribution < 1.29 is 14.6 Å². The molecule has 0 radical (unpaired) electrons. The second-order valence-electron chi connectivity index (χ2n) is 4.33. The van der Waals surface area contributed by atoms with Gasteiger partial charge >= 0.3 is 0 Å². The molecule has 1 aromatic rings. The Hall–Kier alpha value is -0.810. The van der Waals surface area contributed by atoms with Crippen molar-refractivity contribution in [2.24, 2.45) is 0 Å². The molecule has 0 spiro atoms. The molecule has 1 atom stereocenters. The Morgan fingerprint density at radius 2 is 2.10 bits per heavy atom. The van der Waals surface area contributed by atoms with Gasteiger partial charge in [0.1, 0.15) is 6.10 Å². The molecule has 1 N–H and O–H groups in total. The van der Waals surface area contributed by atoms with E-state index >= 15 is 0 Å². The predicted octanol–water partition coefficient (Wildman–Crippen LogP) is 2.74. The summed E-state index contributed by atoms with van der Waals surface area (Å²) in [5, 5.41) is 10.0. The van der Waals surface area contributed by atoms with Crippen molar-refractivity contribution in [1.82, 2.24) is 4.90 Å². The van der Waals surface area contributed by atoms with Crippen molar-refractivity contribution in [2.45, 2.75) is 26.5 Å². The number of ether oxygens (including phenoxy) is 1. The molecule has 0 aromatic heterocycles. The van der Waals surface area contributed by atoms with E-state index in [-0.39, 0.29) is 19.1 Å². The molecule has 1 unspecified atom stereocenters. The van der Waals surface area contributed by atoms with Gasteiger partial charge in [-0.25, -0.2) is 0 Å². The first kappa shape index (κ1) is 17.2. The largest absolute Gasteiger partial charge is 0.395 e. The van der Waals surface area contributed by atoms with Crippen LogP contribution in [0.25, 0.3) is 0 Å². The molecule has 4 nitrogen and oxygen atoms in total. The van der Waals surface area contributed by atoms with E-state index in [1.54, 1.807) is 30.0 Å². The standard InChI is InChI=1S/C14H19Cl2NO3/c1-3-20-10(2)14(19)17(6-7-18)9-11-4-5-12(15)13(16)8-11/h4-5,8,10,18H,3,6-7,9H2,1-2H3. The molecule has 20 heavy (non-hydrogen) atoms. The van der Waals surface area contributed by atoms with Crippen LogP contribution in [0.4, 0.5) is 0 Å². The molecule has 1 rings (SSSR count). The molecule has 0 aliphatic rings. The quantitative estimate of drug-likeness (QED) is 0.840. The minimum absolute atomic E-state index is 0.105. The number of halogens is 2. The zero-order valence-electron chi connectivity index (χ0n) is 11.6. The molecular formula is C14H19Cl2NO3. The van der Waals surface area contributed by atoms with E-state index in [0.29, 0.717) is 23.2 Å². The highest BCUT2D eigenvalue weighted by Crippen LogP contribution is 2.23. The van der Waals surface area contributed by atoms with Crippen LogP contribution in [0.1, 0.15) is 19.4 Å². The van der Waals surface area contributed by atoms with Gasteiger partial charge in [0.2, 0.25) is 0 Å². The van der Waals surface area contributed by atoms with E-state index in [2.05, 4.69) is 0 Å². The molecule has 0 bridgehead atoms. The lowest BCUT2D eigenvalue weighted by Gasteiger charge is -2.25. The first-order valence-corrected chi connectivity index (χ1v) is 7.20. The number of hydrogen-bond donors (Lipinski definition) is 1. The van der Waals surface area contributed by atoms with E-state index in [0.717, 1.165) is 5.56 Å². The number of nitrogens with zero attached hydrogens (tertiary/aromatic N) is 1. The maximum Gasteiger partial charge on any atom is 0.251 e. The van der Waals surface area contributed by atoms with Gasteiger partial charge in [0.15, 0.2) is 0 Å². The SMILES string of the molecule is CCOC(C)C(=O)N(CCO)Cc1ccc(Cl)c(Cl)c1. The lowest BCUT2D eigenvalue weighted by Crippen LogP contribution is -2.40. The van der Waals surface area contributed by atoms with E-state index in [1.165, 1.54) is 0 Å². The Labute approximate surface area is 129 Å². The Kier molecular flexibility index (Phi) is 7.30. The first-order chi connectivity index (χ1) is 9.49. The fourth-order valence-corrected chi connectivity index (χ4v) is 2.15. The van der Waals surface area contributed by atoms with Gasteiger partial charge in [-0.2, -0.15) is 0 Å². The summed E-state index contributed by atoms with van der Waals surface area (Å²) in [5.41, 5.74) is 0.852. The minimum atomic E-state index is -0.533. The van der Waals surface area contributed by atoms with E-state index in [1.807, 2.05) is 6.92 Å². The van der Waals surface area contributed by atoms with Crippen LogP contribution < -0.4 is 0 Å². The Morgan fingerprint density at radius 3 is 2.65 bits per heavy atom. The van der Waals surface area contributed by atoms with Gasteiger partial charge < -0.3 is 14.7 Å². The fourth-order valence-electron chi connectivity index (χ4n) is 1.82. The summed E-state index contributed by atoms with van der Waals surface area (Å²) >= 11 is 11.8. The van der Waals surface area contributed by atoms with Crippen molar-refractivity contribution in [3.05, 3.63) is 33.8 Å².